The van der Waals surface area contributed by atoms with Gasteiger partial charge in [0.15, 0.2) is 0 Å². The number of hydrogen-bond acceptors (Lipinski definition) is 9. The van der Waals surface area contributed by atoms with Gasteiger partial charge in [0.1, 0.15) is 11.4 Å². The van der Waals surface area contributed by atoms with Crippen LogP contribution in [0.25, 0.3) is 10.8 Å². The van der Waals surface area contributed by atoms with Gasteiger partial charge in [-0.3, -0.25) is 15.0 Å². The molecule has 2 heterocycles. The summed E-state index contributed by atoms with van der Waals surface area (Å²) in [5.41, 5.74) is 0.985. The van der Waals surface area contributed by atoms with Gasteiger partial charge < -0.3 is 24.8 Å². The number of fused-ring (bicyclic) bond motifs is 1. The molecule has 47 heavy (non-hydrogen) atoms. The molecule has 1 fully saturated rings. The highest BCUT2D eigenvalue weighted by Gasteiger charge is 2.26. The lowest BCUT2D eigenvalue weighted by Crippen LogP contribution is -2.53. The van der Waals surface area contributed by atoms with Crippen LogP contribution in [0.2, 0.25) is 0 Å². The van der Waals surface area contributed by atoms with E-state index in [9.17, 15) is 9.59 Å². The van der Waals surface area contributed by atoms with Crippen LogP contribution in [-0.4, -0.2) is 70.9 Å². The molecule has 2 amide bonds. The number of nitrogens with one attached hydrogen (secondary N) is 3. The summed E-state index contributed by atoms with van der Waals surface area (Å²) in [5.74, 6) is 3.46. The Hall–Kier alpha value is -5.18. The molecule has 0 bridgehead atoms. The van der Waals surface area contributed by atoms with E-state index in [-0.39, 0.29) is 17.7 Å². The maximum absolute atomic E-state index is 13.4. The molecule has 0 aliphatic carbocycles. The molecule has 11 heteroatoms. The summed E-state index contributed by atoms with van der Waals surface area (Å²) in [7, 11) is 0. The number of amides is 2. The van der Waals surface area contributed by atoms with Crippen LogP contribution in [-0.2, 0) is 9.47 Å². The molecule has 3 N–H and O–H groups in total. The van der Waals surface area contributed by atoms with E-state index in [1.165, 1.54) is 0 Å². The molecule has 0 unspecified atom stereocenters. The lowest BCUT2D eigenvalue weighted by atomic mass is 10.0. The molecule has 1 aromatic heterocycles. The van der Waals surface area contributed by atoms with Gasteiger partial charge in [0, 0.05) is 65.0 Å². The Kier molecular flexibility index (Phi) is 9.94. The number of terminal acetylenes is 1. The first kappa shape index (κ1) is 33.2. The first-order chi connectivity index (χ1) is 22.4. The second-order valence-corrected chi connectivity index (χ2v) is 12.9. The molecular formula is C36H40N6O5. The molecule has 1 aliphatic rings. The van der Waals surface area contributed by atoms with Crippen LogP contribution in [0.1, 0.15) is 50.5 Å². The Morgan fingerprint density at radius 1 is 1.00 bits per heavy atom. The molecule has 0 spiro atoms. The van der Waals surface area contributed by atoms with Crippen molar-refractivity contribution in [1.29, 1.82) is 0 Å². The molecule has 0 radical (unpaired) electrons. The molecule has 3 aromatic carbocycles. The molecule has 244 valence electrons. The fourth-order valence-corrected chi connectivity index (χ4v) is 5.24. The number of rotatable bonds is 9. The zero-order valence-electron chi connectivity index (χ0n) is 27.3. The van der Waals surface area contributed by atoms with Gasteiger partial charge in [-0.2, -0.15) is 4.98 Å². The molecule has 0 saturated carbocycles. The summed E-state index contributed by atoms with van der Waals surface area (Å²) >= 11 is 0. The van der Waals surface area contributed by atoms with Gasteiger partial charge in [-0.15, -0.1) is 6.42 Å². The smallest absolute Gasteiger partial charge is 0.412 e. The summed E-state index contributed by atoms with van der Waals surface area (Å²) < 4.78 is 17.1. The average molecular weight is 637 g/mol. The predicted octanol–water partition coefficient (Wildman–Crippen LogP) is 6.33. The predicted molar refractivity (Wildman–Crippen MR) is 182 cm³/mol. The summed E-state index contributed by atoms with van der Waals surface area (Å²) in [6.45, 7) is 13.2. The SMILES string of the molecule is C#Cc1cc(Nc2nccc(Oc3ccc(NC(=O)OC(C)(C)C)c4ccccc34)n2)cc(C(=O)NC(C)(C)CN2CCOCC2)c1. The van der Waals surface area contributed by atoms with Crippen molar-refractivity contribution in [3.8, 4) is 24.0 Å². The highest BCUT2D eigenvalue weighted by Crippen LogP contribution is 2.34. The maximum Gasteiger partial charge on any atom is 0.412 e. The average Bonchev–Trinajstić information content (AvgIpc) is 3.01. The van der Waals surface area contributed by atoms with Crippen molar-refractivity contribution in [3.63, 3.8) is 0 Å². The maximum atomic E-state index is 13.4. The monoisotopic (exact) mass is 636 g/mol. The summed E-state index contributed by atoms with van der Waals surface area (Å²) in [4.78, 5) is 36.9. The minimum Gasteiger partial charge on any atom is -0.444 e. The lowest BCUT2D eigenvalue weighted by Gasteiger charge is -2.35. The highest BCUT2D eigenvalue weighted by molar-refractivity contribution is 6.03. The zero-order valence-corrected chi connectivity index (χ0v) is 27.3. The molecule has 5 rings (SSSR count). The minimum atomic E-state index is -0.627. The van der Waals surface area contributed by atoms with E-state index in [0.717, 1.165) is 23.9 Å². The van der Waals surface area contributed by atoms with Crippen molar-refractivity contribution < 1.29 is 23.8 Å². The van der Waals surface area contributed by atoms with Crippen molar-refractivity contribution in [2.75, 3.05) is 43.5 Å². The standard InChI is InChI=1S/C36H40N6O5/c1-7-24-20-25(32(43)41-36(5,6)23-42-16-18-45-19-17-42)22-26(21-24)38-33-37-15-14-31(40-33)46-30-13-12-29(27-10-8-9-11-28(27)30)39-34(44)47-35(2,3)4/h1,8-15,20-22H,16-19,23H2,2-6H3,(H,39,44)(H,41,43)(H,37,38,40). The van der Waals surface area contributed by atoms with E-state index in [1.54, 1.807) is 42.6 Å². The highest BCUT2D eigenvalue weighted by atomic mass is 16.6. The van der Waals surface area contributed by atoms with Gasteiger partial charge in [0.25, 0.3) is 5.91 Å². The van der Waals surface area contributed by atoms with Crippen LogP contribution in [0.4, 0.5) is 22.1 Å². The number of morpholine rings is 1. The Balaban J connectivity index is 1.31. The van der Waals surface area contributed by atoms with Crippen LogP contribution in [0.15, 0.2) is 66.9 Å². The van der Waals surface area contributed by atoms with Crippen LogP contribution >= 0.6 is 0 Å². The van der Waals surface area contributed by atoms with E-state index in [1.807, 2.05) is 58.9 Å². The van der Waals surface area contributed by atoms with E-state index in [4.69, 9.17) is 20.6 Å². The Morgan fingerprint density at radius 2 is 1.74 bits per heavy atom. The summed E-state index contributed by atoms with van der Waals surface area (Å²) in [6, 6.07) is 17.8. The van der Waals surface area contributed by atoms with E-state index in [0.29, 0.717) is 48.0 Å². The van der Waals surface area contributed by atoms with Gasteiger partial charge in [-0.1, -0.05) is 30.2 Å². The third-order valence-corrected chi connectivity index (χ3v) is 7.16. The molecule has 1 aliphatic heterocycles. The van der Waals surface area contributed by atoms with E-state index >= 15 is 0 Å². The van der Waals surface area contributed by atoms with Gasteiger partial charge in [0.05, 0.1) is 18.9 Å². The number of carbonyl (C=O) groups is 2. The fraction of sp³-hybridized carbons (Fsp3) is 0.333. The van der Waals surface area contributed by atoms with Gasteiger partial charge in [-0.25, -0.2) is 9.78 Å². The van der Waals surface area contributed by atoms with Gasteiger partial charge in [-0.05, 0) is 65.0 Å². The van der Waals surface area contributed by atoms with Crippen molar-refractivity contribution in [3.05, 3.63) is 78.0 Å². The van der Waals surface area contributed by atoms with Crippen molar-refractivity contribution in [2.45, 2.75) is 45.8 Å². The molecule has 0 atom stereocenters. The summed E-state index contributed by atoms with van der Waals surface area (Å²) in [6.07, 6.45) is 6.76. The largest absolute Gasteiger partial charge is 0.444 e. The Bertz CT molecular complexity index is 1800. The Labute approximate surface area is 275 Å². The first-order valence-electron chi connectivity index (χ1n) is 15.4. The number of aromatic nitrogens is 2. The first-order valence-corrected chi connectivity index (χ1v) is 15.4. The Morgan fingerprint density at radius 3 is 2.47 bits per heavy atom. The van der Waals surface area contributed by atoms with Crippen LogP contribution in [0, 0.1) is 12.3 Å². The number of ether oxygens (including phenoxy) is 3. The molecule has 4 aromatic rings. The van der Waals surface area contributed by atoms with Crippen LogP contribution in [0.3, 0.4) is 0 Å². The number of nitrogens with zero attached hydrogens (tertiary/aromatic N) is 3. The van der Waals surface area contributed by atoms with Gasteiger partial charge >= 0.3 is 6.09 Å². The van der Waals surface area contributed by atoms with Crippen molar-refractivity contribution in [2.24, 2.45) is 0 Å². The molecule has 11 nitrogen and oxygen atoms in total. The number of anilines is 3. The zero-order chi connectivity index (χ0) is 33.6. The quantitative estimate of drug-likeness (QED) is 0.181. The number of benzene rings is 3. The summed E-state index contributed by atoms with van der Waals surface area (Å²) in [5, 5.41) is 10.6. The van der Waals surface area contributed by atoms with Crippen molar-refractivity contribution in [1.82, 2.24) is 20.2 Å². The van der Waals surface area contributed by atoms with E-state index < -0.39 is 17.2 Å². The second-order valence-electron chi connectivity index (χ2n) is 12.9. The van der Waals surface area contributed by atoms with Gasteiger partial charge in [0.2, 0.25) is 11.8 Å². The van der Waals surface area contributed by atoms with E-state index in [2.05, 4.69) is 36.7 Å². The topological polar surface area (TPSA) is 127 Å². The normalized spacial score (nSPS) is 13.8. The van der Waals surface area contributed by atoms with Crippen LogP contribution < -0.4 is 20.7 Å². The third kappa shape index (κ3) is 9.19. The minimum absolute atomic E-state index is 0.238. The number of carbonyl (C=O) groups excluding carboxylic acids is 2. The second kappa shape index (κ2) is 14.1. The van der Waals surface area contributed by atoms with Crippen LogP contribution in [0.5, 0.6) is 11.6 Å². The molecular weight excluding hydrogens is 596 g/mol. The van der Waals surface area contributed by atoms with Crippen molar-refractivity contribution >= 4 is 40.1 Å². The molecule has 1 saturated heterocycles. The number of hydrogen-bond donors (Lipinski definition) is 3. The fourth-order valence-electron chi connectivity index (χ4n) is 5.24. The third-order valence-electron chi connectivity index (χ3n) is 7.16. The lowest BCUT2D eigenvalue weighted by molar-refractivity contribution is 0.0269.